The Morgan fingerprint density at radius 3 is 2.59 bits per heavy atom. The highest BCUT2D eigenvalue weighted by atomic mass is 19.2. The Hall–Kier alpha value is -1.82. The Kier molecular flexibility index (Phi) is 3.14. The lowest BCUT2D eigenvalue weighted by atomic mass is 10.1. The fraction of sp³-hybridized carbons (Fsp3) is 0.273. The number of benzene rings is 1. The molecule has 2 rings (SSSR count). The minimum atomic E-state index is -0.858. The molecule has 0 amide bonds. The molecule has 0 unspecified atom stereocenters. The summed E-state index contributed by atoms with van der Waals surface area (Å²) in [6.07, 6.45) is 0.188. The highest BCUT2D eigenvalue weighted by Gasteiger charge is 2.12. The van der Waals surface area contributed by atoms with Gasteiger partial charge in [0.1, 0.15) is 11.6 Å². The van der Waals surface area contributed by atoms with Crippen LogP contribution in [0.1, 0.15) is 17.2 Å². The van der Waals surface area contributed by atoms with E-state index in [0.717, 1.165) is 6.07 Å². The van der Waals surface area contributed by atoms with Crippen molar-refractivity contribution in [1.82, 2.24) is 14.8 Å². The van der Waals surface area contributed by atoms with Gasteiger partial charge in [0, 0.05) is 13.5 Å². The van der Waals surface area contributed by atoms with Gasteiger partial charge in [-0.25, -0.2) is 8.78 Å². The van der Waals surface area contributed by atoms with E-state index in [0.29, 0.717) is 11.6 Å². The van der Waals surface area contributed by atoms with E-state index in [1.54, 1.807) is 11.6 Å². The molecule has 0 aliphatic rings. The Morgan fingerprint density at radius 1 is 1.24 bits per heavy atom. The zero-order valence-electron chi connectivity index (χ0n) is 9.32. The predicted molar refractivity (Wildman–Crippen MR) is 58.1 cm³/mol. The normalized spacial score (nSPS) is 10.8. The maximum Gasteiger partial charge on any atom is 0.162 e. The second-order valence-electron chi connectivity index (χ2n) is 3.69. The second kappa shape index (κ2) is 4.58. The molecule has 1 aromatic heterocycles. The molecule has 2 N–H and O–H groups in total. The lowest BCUT2D eigenvalue weighted by Gasteiger charge is -2.04. The largest absolute Gasteiger partial charge is 0.324 e. The molecule has 4 nitrogen and oxygen atoms in total. The molecule has 0 saturated heterocycles. The summed E-state index contributed by atoms with van der Waals surface area (Å²) in [4.78, 5) is 0. The SMILES string of the molecule is Cn1c(CN)nnc1Cc1cccc(F)c1F. The topological polar surface area (TPSA) is 56.7 Å². The van der Waals surface area contributed by atoms with Crippen molar-refractivity contribution in [3.8, 4) is 0 Å². The lowest BCUT2D eigenvalue weighted by Crippen LogP contribution is -2.08. The van der Waals surface area contributed by atoms with Gasteiger partial charge in [0.2, 0.25) is 0 Å². The van der Waals surface area contributed by atoms with Crippen molar-refractivity contribution >= 4 is 0 Å². The Balaban J connectivity index is 2.31. The zero-order valence-corrected chi connectivity index (χ0v) is 9.32. The van der Waals surface area contributed by atoms with Crippen molar-refractivity contribution in [1.29, 1.82) is 0 Å². The van der Waals surface area contributed by atoms with E-state index in [-0.39, 0.29) is 18.5 Å². The van der Waals surface area contributed by atoms with Crippen LogP contribution in [0.15, 0.2) is 18.2 Å². The number of nitrogens with zero attached hydrogens (tertiary/aromatic N) is 3. The first-order valence-corrected chi connectivity index (χ1v) is 5.13. The summed E-state index contributed by atoms with van der Waals surface area (Å²) in [5, 5.41) is 7.75. The number of halogens is 2. The molecule has 0 fully saturated rings. The van der Waals surface area contributed by atoms with Gasteiger partial charge >= 0.3 is 0 Å². The van der Waals surface area contributed by atoms with Crippen molar-refractivity contribution in [3.63, 3.8) is 0 Å². The van der Waals surface area contributed by atoms with E-state index in [1.165, 1.54) is 12.1 Å². The molecule has 0 aliphatic heterocycles. The smallest absolute Gasteiger partial charge is 0.162 e. The summed E-state index contributed by atoms with van der Waals surface area (Å²) in [6.45, 7) is 0.259. The molecule has 6 heteroatoms. The Bertz CT molecular complexity index is 536. The van der Waals surface area contributed by atoms with E-state index in [2.05, 4.69) is 10.2 Å². The number of nitrogens with two attached hydrogens (primary N) is 1. The van der Waals surface area contributed by atoms with Crippen LogP contribution in [0.4, 0.5) is 8.78 Å². The maximum atomic E-state index is 13.5. The Morgan fingerprint density at radius 2 is 1.94 bits per heavy atom. The van der Waals surface area contributed by atoms with E-state index in [1.807, 2.05) is 0 Å². The minimum Gasteiger partial charge on any atom is -0.324 e. The first-order valence-electron chi connectivity index (χ1n) is 5.13. The summed E-state index contributed by atoms with van der Waals surface area (Å²) in [7, 11) is 1.74. The number of aromatic nitrogens is 3. The predicted octanol–water partition coefficient (Wildman–Crippen LogP) is 1.14. The van der Waals surface area contributed by atoms with Crippen LogP contribution in [-0.4, -0.2) is 14.8 Å². The van der Waals surface area contributed by atoms with Crippen LogP contribution in [0.3, 0.4) is 0 Å². The maximum absolute atomic E-state index is 13.5. The van der Waals surface area contributed by atoms with Crippen LogP contribution in [0.2, 0.25) is 0 Å². The summed E-state index contributed by atoms with van der Waals surface area (Å²) >= 11 is 0. The molecule has 2 aromatic rings. The van der Waals surface area contributed by atoms with Gasteiger partial charge < -0.3 is 10.3 Å². The molecule has 90 valence electrons. The van der Waals surface area contributed by atoms with Gasteiger partial charge in [-0.05, 0) is 11.6 Å². The molecule has 0 radical (unpaired) electrons. The summed E-state index contributed by atoms with van der Waals surface area (Å²) in [5.74, 6) is -0.541. The summed E-state index contributed by atoms with van der Waals surface area (Å²) in [6, 6.07) is 4.07. The highest BCUT2D eigenvalue weighted by Crippen LogP contribution is 2.15. The fourth-order valence-electron chi connectivity index (χ4n) is 1.59. The molecule has 0 spiro atoms. The third-order valence-corrected chi connectivity index (χ3v) is 2.62. The average molecular weight is 238 g/mol. The molecule has 1 heterocycles. The van der Waals surface area contributed by atoms with Gasteiger partial charge in [0.15, 0.2) is 11.6 Å². The van der Waals surface area contributed by atoms with Gasteiger partial charge in [-0.15, -0.1) is 10.2 Å². The van der Waals surface area contributed by atoms with Gasteiger partial charge in [0.25, 0.3) is 0 Å². The van der Waals surface area contributed by atoms with Crippen LogP contribution >= 0.6 is 0 Å². The number of hydrogen-bond acceptors (Lipinski definition) is 3. The van der Waals surface area contributed by atoms with E-state index >= 15 is 0 Å². The average Bonchev–Trinajstić information content (AvgIpc) is 2.66. The van der Waals surface area contributed by atoms with Gasteiger partial charge in [-0.3, -0.25) is 0 Å². The minimum absolute atomic E-state index is 0.188. The van der Waals surface area contributed by atoms with Crippen LogP contribution in [-0.2, 0) is 20.0 Å². The van der Waals surface area contributed by atoms with Crippen molar-refractivity contribution < 1.29 is 8.78 Å². The van der Waals surface area contributed by atoms with Crippen LogP contribution in [0, 0.1) is 11.6 Å². The molecular weight excluding hydrogens is 226 g/mol. The van der Waals surface area contributed by atoms with Gasteiger partial charge in [-0.1, -0.05) is 12.1 Å². The second-order valence-corrected chi connectivity index (χ2v) is 3.69. The molecular formula is C11H12F2N4. The van der Waals surface area contributed by atoms with Crippen LogP contribution in [0.5, 0.6) is 0 Å². The highest BCUT2D eigenvalue weighted by molar-refractivity contribution is 5.22. The third kappa shape index (κ3) is 2.16. The fourth-order valence-corrected chi connectivity index (χ4v) is 1.59. The summed E-state index contributed by atoms with van der Waals surface area (Å²) in [5.41, 5.74) is 5.71. The zero-order chi connectivity index (χ0) is 12.4. The first-order chi connectivity index (χ1) is 8.13. The molecule has 0 atom stereocenters. The molecule has 17 heavy (non-hydrogen) atoms. The summed E-state index contributed by atoms with van der Waals surface area (Å²) < 4.78 is 28.2. The lowest BCUT2D eigenvalue weighted by molar-refractivity contribution is 0.499. The monoisotopic (exact) mass is 238 g/mol. The van der Waals surface area contributed by atoms with Crippen LogP contribution < -0.4 is 5.73 Å². The quantitative estimate of drug-likeness (QED) is 0.872. The first kappa shape index (κ1) is 11.7. The van der Waals surface area contributed by atoms with E-state index in [9.17, 15) is 8.78 Å². The number of rotatable bonds is 3. The van der Waals surface area contributed by atoms with Gasteiger partial charge in [0.05, 0.1) is 6.54 Å². The molecule has 0 aliphatic carbocycles. The van der Waals surface area contributed by atoms with E-state index < -0.39 is 11.6 Å². The van der Waals surface area contributed by atoms with Crippen LogP contribution in [0.25, 0.3) is 0 Å². The van der Waals surface area contributed by atoms with Crippen molar-refractivity contribution in [2.45, 2.75) is 13.0 Å². The van der Waals surface area contributed by atoms with Crippen molar-refractivity contribution in [2.24, 2.45) is 12.8 Å². The molecule has 1 aromatic carbocycles. The van der Waals surface area contributed by atoms with Gasteiger partial charge in [-0.2, -0.15) is 0 Å². The number of hydrogen-bond donors (Lipinski definition) is 1. The van der Waals surface area contributed by atoms with Crippen molar-refractivity contribution in [3.05, 3.63) is 47.0 Å². The Labute approximate surface area is 97.1 Å². The van der Waals surface area contributed by atoms with E-state index in [4.69, 9.17) is 5.73 Å². The molecule has 0 bridgehead atoms. The standard InChI is InChI=1S/C11H12F2N4/c1-17-9(15-16-10(17)6-14)5-7-3-2-4-8(12)11(7)13/h2-4H,5-6,14H2,1H3. The third-order valence-electron chi connectivity index (χ3n) is 2.62. The molecule has 0 saturated carbocycles. The van der Waals surface area contributed by atoms with Crippen molar-refractivity contribution in [2.75, 3.05) is 0 Å².